The normalized spacial score (nSPS) is 14.7. The molecule has 2 amide bonds. The van der Waals surface area contributed by atoms with Crippen LogP contribution in [0.5, 0.6) is 0 Å². The van der Waals surface area contributed by atoms with Crippen LogP contribution in [0.15, 0.2) is 59.1 Å². The van der Waals surface area contributed by atoms with Gasteiger partial charge >= 0.3 is 0 Å². The second-order valence-corrected chi connectivity index (χ2v) is 7.03. The van der Waals surface area contributed by atoms with Crippen LogP contribution in [0.25, 0.3) is 0 Å². The van der Waals surface area contributed by atoms with E-state index in [4.69, 9.17) is 0 Å². The van der Waals surface area contributed by atoms with Crippen LogP contribution in [-0.4, -0.2) is 24.9 Å². The fourth-order valence-corrected chi connectivity index (χ4v) is 2.97. The number of carbonyl (C=O) groups excluding carboxylic acids is 2. The maximum Gasteiger partial charge on any atom is 0.251 e. The molecule has 0 unspecified atom stereocenters. The van der Waals surface area contributed by atoms with E-state index in [-0.39, 0.29) is 23.8 Å². The van der Waals surface area contributed by atoms with Crippen molar-refractivity contribution in [2.45, 2.75) is 18.3 Å². The van der Waals surface area contributed by atoms with Gasteiger partial charge in [0, 0.05) is 22.0 Å². The lowest BCUT2D eigenvalue weighted by molar-refractivity contribution is -0.120. The lowest BCUT2D eigenvalue weighted by atomic mass is 9.96. The predicted molar refractivity (Wildman–Crippen MR) is 96.8 cm³/mol. The molecule has 0 radical (unpaired) electrons. The Morgan fingerprint density at radius 2 is 1.62 bits per heavy atom. The van der Waals surface area contributed by atoms with Crippen LogP contribution < -0.4 is 10.6 Å². The monoisotopic (exact) mass is 386 g/mol. The molecule has 5 heteroatoms. The Kier molecular flexibility index (Phi) is 5.00. The first-order chi connectivity index (χ1) is 11.6. The Morgan fingerprint density at radius 3 is 2.25 bits per heavy atom. The molecule has 1 aliphatic carbocycles. The minimum absolute atomic E-state index is 0.0141. The first-order valence-corrected chi connectivity index (χ1v) is 8.74. The molecule has 1 aliphatic rings. The summed E-state index contributed by atoms with van der Waals surface area (Å²) in [6.07, 6.45) is 2.17. The van der Waals surface area contributed by atoms with Gasteiger partial charge in [0.15, 0.2) is 0 Å². The summed E-state index contributed by atoms with van der Waals surface area (Å²) in [5.74, 6) is -0.412. The van der Waals surface area contributed by atoms with Gasteiger partial charge in [-0.15, -0.1) is 0 Å². The molecule has 4 nitrogen and oxygen atoms in total. The highest BCUT2D eigenvalue weighted by Gasteiger charge is 2.44. The molecule has 0 aliphatic heterocycles. The Morgan fingerprint density at radius 1 is 0.958 bits per heavy atom. The number of nitrogens with one attached hydrogen (secondary N) is 2. The van der Waals surface area contributed by atoms with Crippen molar-refractivity contribution >= 4 is 27.7 Å². The van der Waals surface area contributed by atoms with E-state index in [9.17, 15) is 9.59 Å². The van der Waals surface area contributed by atoms with Gasteiger partial charge in [0.2, 0.25) is 5.91 Å². The van der Waals surface area contributed by atoms with E-state index in [1.165, 1.54) is 5.56 Å². The topological polar surface area (TPSA) is 58.2 Å². The van der Waals surface area contributed by atoms with Crippen molar-refractivity contribution in [1.29, 1.82) is 0 Å². The summed E-state index contributed by atoms with van der Waals surface area (Å²) < 4.78 is 0.910. The Labute approximate surface area is 149 Å². The lowest BCUT2D eigenvalue weighted by Crippen LogP contribution is -2.40. The van der Waals surface area contributed by atoms with Gasteiger partial charge in [-0.3, -0.25) is 9.59 Å². The molecule has 0 heterocycles. The van der Waals surface area contributed by atoms with E-state index in [1.807, 2.05) is 18.2 Å². The van der Waals surface area contributed by atoms with Crippen LogP contribution in [0.3, 0.4) is 0 Å². The Balaban J connectivity index is 1.46. The highest BCUT2D eigenvalue weighted by molar-refractivity contribution is 9.10. The Hall–Kier alpha value is -2.14. The molecule has 0 bridgehead atoms. The van der Waals surface area contributed by atoms with Gasteiger partial charge in [0.1, 0.15) is 0 Å². The standard InChI is InChI=1S/C19H19BrN2O2/c20-16-8-6-14(7-9-16)18(24)21-12-17(23)22-13-19(10-11-19)15-4-2-1-3-5-15/h1-9H,10-13H2,(H,21,24)(H,22,23). The summed E-state index contributed by atoms with van der Waals surface area (Å²) in [5, 5.41) is 5.59. The van der Waals surface area contributed by atoms with Crippen LogP contribution in [0.2, 0.25) is 0 Å². The maximum absolute atomic E-state index is 12.0. The second kappa shape index (κ2) is 7.18. The predicted octanol–water partition coefficient (Wildman–Crippen LogP) is 3.03. The molecule has 2 aromatic rings. The van der Waals surface area contributed by atoms with E-state index in [2.05, 4.69) is 38.7 Å². The summed E-state index contributed by atoms with van der Waals surface area (Å²) in [6, 6.07) is 17.3. The number of rotatable bonds is 6. The molecule has 1 saturated carbocycles. The summed E-state index contributed by atoms with van der Waals surface area (Å²) in [5.41, 5.74) is 1.88. The van der Waals surface area contributed by atoms with Crippen LogP contribution in [0.1, 0.15) is 28.8 Å². The van der Waals surface area contributed by atoms with Gasteiger partial charge in [-0.25, -0.2) is 0 Å². The molecule has 0 saturated heterocycles. The van der Waals surface area contributed by atoms with E-state index in [1.54, 1.807) is 24.3 Å². The van der Waals surface area contributed by atoms with Crippen molar-refractivity contribution < 1.29 is 9.59 Å². The number of benzene rings is 2. The largest absolute Gasteiger partial charge is 0.354 e. The van der Waals surface area contributed by atoms with Crippen LogP contribution in [0.4, 0.5) is 0 Å². The van der Waals surface area contributed by atoms with Crippen molar-refractivity contribution in [1.82, 2.24) is 10.6 Å². The van der Waals surface area contributed by atoms with Crippen molar-refractivity contribution in [2.24, 2.45) is 0 Å². The van der Waals surface area contributed by atoms with E-state index in [0.717, 1.165) is 17.3 Å². The minimum Gasteiger partial charge on any atom is -0.354 e. The molecule has 3 rings (SSSR count). The molecule has 24 heavy (non-hydrogen) atoms. The van der Waals surface area contributed by atoms with Gasteiger partial charge in [-0.1, -0.05) is 46.3 Å². The quantitative estimate of drug-likeness (QED) is 0.801. The maximum atomic E-state index is 12.0. The van der Waals surface area contributed by atoms with Crippen molar-refractivity contribution in [2.75, 3.05) is 13.1 Å². The minimum atomic E-state index is -0.248. The summed E-state index contributed by atoms with van der Waals surface area (Å²) >= 11 is 3.33. The van der Waals surface area contributed by atoms with E-state index >= 15 is 0 Å². The first-order valence-electron chi connectivity index (χ1n) is 7.95. The smallest absolute Gasteiger partial charge is 0.251 e. The molecule has 124 valence electrons. The second-order valence-electron chi connectivity index (χ2n) is 6.11. The molecule has 2 N–H and O–H groups in total. The molecule has 1 fully saturated rings. The zero-order valence-electron chi connectivity index (χ0n) is 13.2. The lowest BCUT2D eigenvalue weighted by Gasteiger charge is -2.16. The third-order valence-electron chi connectivity index (χ3n) is 4.38. The van der Waals surface area contributed by atoms with Gasteiger partial charge < -0.3 is 10.6 Å². The first kappa shape index (κ1) is 16.7. The summed E-state index contributed by atoms with van der Waals surface area (Å²) in [4.78, 5) is 24.0. The van der Waals surface area contributed by atoms with E-state index < -0.39 is 0 Å². The van der Waals surface area contributed by atoms with Gasteiger partial charge in [-0.05, 0) is 42.7 Å². The summed E-state index contributed by atoms with van der Waals surface area (Å²) in [6.45, 7) is 0.601. The molecular weight excluding hydrogens is 368 g/mol. The van der Waals surface area contributed by atoms with Crippen LogP contribution >= 0.6 is 15.9 Å². The van der Waals surface area contributed by atoms with Crippen molar-refractivity contribution in [3.05, 3.63) is 70.2 Å². The molecular formula is C19H19BrN2O2. The Bertz CT molecular complexity index is 725. The summed E-state index contributed by atoms with van der Waals surface area (Å²) in [7, 11) is 0. The zero-order chi connectivity index (χ0) is 17.0. The number of amides is 2. The average molecular weight is 387 g/mol. The molecule has 0 aromatic heterocycles. The fourth-order valence-electron chi connectivity index (χ4n) is 2.70. The number of carbonyl (C=O) groups is 2. The SMILES string of the molecule is O=C(CNC(=O)c1ccc(Br)cc1)NCC1(c2ccccc2)CC1. The molecule has 0 spiro atoms. The molecule has 2 aromatic carbocycles. The number of hydrogen-bond acceptors (Lipinski definition) is 2. The van der Waals surface area contributed by atoms with Crippen LogP contribution in [0, 0.1) is 0 Å². The number of hydrogen-bond donors (Lipinski definition) is 2. The van der Waals surface area contributed by atoms with Gasteiger partial charge in [0.05, 0.1) is 6.54 Å². The third-order valence-corrected chi connectivity index (χ3v) is 4.91. The highest BCUT2D eigenvalue weighted by atomic mass is 79.9. The van der Waals surface area contributed by atoms with Gasteiger partial charge in [-0.2, -0.15) is 0 Å². The highest BCUT2D eigenvalue weighted by Crippen LogP contribution is 2.47. The van der Waals surface area contributed by atoms with Crippen molar-refractivity contribution in [3.63, 3.8) is 0 Å². The fraction of sp³-hybridized carbons (Fsp3) is 0.263. The van der Waals surface area contributed by atoms with Crippen molar-refractivity contribution in [3.8, 4) is 0 Å². The molecule has 0 atom stereocenters. The zero-order valence-corrected chi connectivity index (χ0v) is 14.8. The van der Waals surface area contributed by atoms with Crippen LogP contribution in [-0.2, 0) is 10.2 Å². The van der Waals surface area contributed by atoms with E-state index in [0.29, 0.717) is 12.1 Å². The average Bonchev–Trinajstić information content (AvgIpc) is 3.40. The van der Waals surface area contributed by atoms with Gasteiger partial charge in [0.25, 0.3) is 5.91 Å². The number of halogens is 1. The third kappa shape index (κ3) is 4.03.